The maximum Gasteiger partial charge on any atom is 0.233 e. The molecule has 2 aromatic rings. The Bertz CT molecular complexity index is 618. The largest absolute Gasteiger partial charge is 0.361 e. The first-order chi connectivity index (χ1) is 9.61. The van der Waals surface area contributed by atoms with E-state index in [-0.39, 0.29) is 12.3 Å². The summed E-state index contributed by atoms with van der Waals surface area (Å²) in [4.78, 5) is 14.0. The average Bonchev–Trinajstić information content (AvgIpc) is 2.97. The highest BCUT2D eigenvalue weighted by Gasteiger charge is 2.25. The van der Waals surface area contributed by atoms with Crippen molar-refractivity contribution in [2.75, 3.05) is 16.8 Å². The standard InChI is InChI=1S/C13H17N5O2/c1-8-5-10(20-17-8)6-13(19)14-11-7-12(16-15-11)18-4-3-9(18)2/h5,7,9H,3-4,6H2,1-2H3,(H2,14,15,16,19)/t9-/m0/s1. The van der Waals surface area contributed by atoms with Gasteiger partial charge in [-0.05, 0) is 20.3 Å². The molecule has 20 heavy (non-hydrogen) atoms. The van der Waals surface area contributed by atoms with Gasteiger partial charge in [0.1, 0.15) is 11.6 Å². The van der Waals surface area contributed by atoms with Crippen molar-refractivity contribution in [3.8, 4) is 0 Å². The number of carbonyl (C=O) groups excluding carboxylic acids is 1. The third kappa shape index (κ3) is 2.52. The molecule has 1 amide bonds. The number of carbonyl (C=O) groups is 1. The van der Waals surface area contributed by atoms with Crippen LogP contribution in [0, 0.1) is 6.92 Å². The van der Waals surface area contributed by atoms with Crippen molar-refractivity contribution in [2.24, 2.45) is 0 Å². The van der Waals surface area contributed by atoms with Crippen molar-refractivity contribution >= 4 is 17.5 Å². The van der Waals surface area contributed by atoms with Crippen LogP contribution in [0.1, 0.15) is 24.8 Å². The number of aromatic nitrogens is 3. The lowest BCUT2D eigenvalue weighted by molar-refractivity contribution is -0.115. The van der Waals surface area contributed by atoms with E-state index in [2.05, 4.69) is 32.5 Å². The molecule has 1 atom stereocenters. The molecule has 106 valence electrons. The van der Waals surface area contributed by atoms with E-state index >= 15 is 0 Å². The van der Waals surface area contributed by atoms with Gasteiger partial charge in [0.2, 0.25) is 5.91 Å². The zero-order chi connectivity index (χ0) is 14.1. The van der Waals surface area contributed by atoms with E-state index in [0.717, 1.165) is 18.1 Å². The number of aryl methyl sites for hydroxylation is 1. The number of nitrogens with one attached hydrogen (secondary N) is 2. The molecule has 2 N–H and O–H groups in total. The van der Waals surface area contributed by atoms with Crippen molar-refractivity contribution < 1.29 is 9.32 Å². The Labute approximate surface area is 116 Å². The number of hydrogen-bond acceptors (Lipinski definition) is 5. The van der Waals surface area contributed by atoms with Crippen molar-refractivity contribution in [1.82, 2.24) is 15.4 Å². The Balaban J connectivity index is 1.58. The summed E-state index contributed by atoms with van der Waals surface area (Å²) in [5.41, 5.74) is 0.767. The molecule has 0 unspecified atom stereocenters. The van der Waals surface area contributed by atoms with Crippen LogP contribution in [0.4, 0.5) is 11.6 Å². The lowest BCUT2D eigenvalue weighted by atomic mass is 10.1. The van der Waals surface area contributed by atoms with Crippen LogP contribution in [0.2, 0.25) is 0 Å². The molecule has 0 bridgehead atoms. The second-order valence-corrected chi connectivity index (χ2v) is 5.13. The van der Waals surface area contributed by atoms with Crippen LogP contribution in [0.25, 0.3) is 0 Å². The predicted molar refractivity (Wildman–Crippen MR) is 73.6 cm³/mol. The Kier molecular flexibility index (Phi) is 3.17. The Hall–Kier alpha value is -2.31. The molecule has 1 aliphatic rings. The van der Waals surface area contributed by atoms with Gasteiger partial charge in [0.25, 0.3) is 0 Å². The summed E-state index contributed by atoms with van der Waals surface area (Å²) in [6.45, 7) is 4.99. The number of hydrogen-bond donors (Lipinski definition) is 2. The van der Waals surface area contributed by atoms with Crippen molar-refractivity contribution in [1.29, 1.82) is 0 Å². The number of rotatable bonds is 4. The molecule has 0 radical (unpaired) electrons. The quantitative estimate of drug-likeness (QED) is 0.882. The summed E-state index contributed by atoms with van der Waals surface area (Å²) in [5.74, 6) is 1.86. The van der Waals surface area contributed by atoms with E-state index in [1.807, 2.05) is 13.0 Å². The van der Waals surface area contributed by atoms with Gasteiger partial charge in [0.05, 0.1) is 12.1 Å². The van der Waals surface area contributed by atoms with Gasteiger partial charge in [0, 0.05) is 24.7 Å². The third-order valence-corrected chi connectivity index (χ3v) is 3.46. The first kappa shape index (κ1) is 12.7. The maximum atomic E-state index is 11.9. The van der Waals surface area contributed by atoms with Crippen LogP contribution in [-0.4, -0.2) is 33.8 Å². The molecule has 7 nitrogen and oxygen atoms in total. The van der Waals surface area contributed by atoms with Crippen LogP contribution >= 0.6 is 0 Å². The Morgan fingerprint density at radius 2 is 2.45 bits per heavy atom. The molecule has 1 saturated heterocycles. The summed E-state index contributed by atoms with van der Waals surface area (Å²) >= 11 is 0. The fourth-order valence-corrected chi connectivity index (χ4v) is 2.23. The molecule has 0 spiro atoms. The molecular weight excluding hydrogens is 258 g/mol. The third-order valence-electron chi connectivity index (χ3n) is 3.46. The molecular formula is C13H17N5O2. The van der Waals surface area contributed by atoms with Crippen molar-refractivity contribution in [2.45, 2.75) is 32.7 Å². The van der Waals surface area contributed by atoms with Gasteiger partial charge in [0.15, 0.2) is 5.82 Å². The van der Waals surface area contributed by atoms with Crippen LogP contribution in [-0.2, 0) is 11.2 Å². The molecule has 0 saturated carbocycles. The SMILES string of the molecule is Cc1cc(CC(=O)Nc2cc(N3CC[C@@H]3C)n[nH]2)on1. The van der Waals surface area contributed by atoms with Gasteiger partial charge < -0.3 is 14.7 Å². The van der Waals surface area contributed by atoms with Crippen LogP contribution in [0.5, 0.6) is 0 Å². The lowest BCUT2D eigenvalue weighted by Gasteiger charge is -2.38. The summed E-state index contributed by atoms with van der Waals surface area (Å²) in [5, 5.41) is 13.5. The van der Waals surface area contributed by atoms with Gasteiger partial charge >= 0.3 is 0 Å². The zero-order valence-corrected chi connectivity index (χ0v) is 11.5. The fourth-order valence-electron chi connectivity index (χ4n) is 2.23. The molecule has 1 fully saturated rings. The molecule has 1 aliphatic heterocycles. The number of nitrogens with zero attached hydrogens (tertiary/aromatic N) is 3. The molecule has 7 heteroatoms. The maximum absolute atomic E-state index is 11.9. The summed E-state index contributed by atoms with van der Waals surface area (Å²) < 4.78 is 5.01. The Morgan fingerprint density at radius 1 is 1.60 bits per heavy atom. The van der Waals surface area contributed by atoms with E-state index in [4.69, 9.17) is 4.52 Å². The molecule has 2 aromatic heterocycles. The van der Waals surface area contributed by atoms with Gasteiger partial charge in [-0.2, -0.15) is 5.10 Å². The highest BCUT2D eigenvalue weighted by atomic mass is 16.5. The Morgan fingerprint density at radius 3 is 3.05 bits per heavy atom. The van der Waals surface area contributed by atoms with Crippen LogP contribution in [0.15, 0.2) is 16.7 Å². The van der Waals surface area contributed by atoms with Crippen molar-refractivity contribution in [3.05, 3.63) is 23.6 Å². The van der Waals surface area contributed by atoms with Gasteiger partial charge in [-0.15, -0.1) is 0 Å². The second-order valence-electron chi connectivity index (χ2n) is 5.13. The highest BCUT2D eigenvalue weighted by Crippen LogP contribution is 2.25. The number of H-pyrrole nitrogens is 1. The number of aromatic amines is 1. The molecule has 0 aliphatic carbocycles. The van der Waals surface area contributed by atoms with E-state index in [9.17, 15) is 4.79 Å². The number of amides is 1. The summed E-state index contributed by atoms with van der Waals surface area (Å²) in [6, 6.07) is 4.11. The van der Waals surface area contributed by atoms with Gasteiger partial charge in [-0.25, -0.2) is 0 Å². The topological polar surface area (TPSA) is 87.0 Å². The average molecular weight is 275 g/mol. The monoisotopic (exact) mass is 275 g/mol. The first-order valence-corrected chi connectivity index (χ1v) is 6.66. The second kappa shape index (κ2) is 4.99. The predicted octanol–water partition coefficient (Wildman–Crippen LogP) is 1.49. The number of anilines is 2. The molecule has 0 aromatic carbocycles. The lowest BCUT2D eigenvalue weighted by Crippen LogP contribution is -2.45. The normalized spacial score (nSPS) is 17.9. The van der Waals surface area contributed by atoms with Gasteiger partial charge in [-0.3, -0.25) is 9.89 Å². The fraction of sp³-hybridized carbons (Fsp3) is 0.462. The summed E-state index contributed by atoms with van der Waals surface area (Å²) in [6.07, 6.45) is 1.34. The van der Waals surface area contributed by atoms with E-state index in [1.165, 1.54) is 6.42 Å². The minimum absolute atomic E-state index is 0.159. The van der Waals surface area contributed by atoms with E-state index in [1.54, 1.807) is 6.07 Å². The van der Waals surface area contributed by atoms with Crippen LogP contribution < -0.4 is 10.2 Å². The zero-order valence-electron chi connectivity index (χ0n) is 11.5. The minimum atomic E-state index is -0.159. The van der Waals surface area contributed by atoms with E-state index in [0.29, 0.717) is 17.6 Å². The van der Waals surface area contributed by atoms with Gasteiger partial charge in [-0.1, -0.05) is 5.16 Å². The van der Waals surface area contributed by atoms with Crippen molar-refractivity contribution in [3.63, 3.8) is 0 Å². The van der Waals surface area contributed by atoms with E-state index < -0.39 is 0 Å². The first-order valence-electron chi connectivity index (χ1n) is 6.66. The van der Waals surface area contributed by atoms with Crippen LogP contribution in [0.3, 0.4) is 0 Å². The molecule has 3 heterocycles. The smallest absolute Gasteiger partial charge is 0.233 e. The minimum Gasteiger partial charge on any atom is -0.361 e. The highest BCUT2D eigenvalue weighted by molar-refractivity contribution is 5.91. The summed E-state index contributed by atoms with van der Waals surface area (Å²) in [7, 11) is 0. The molecule has 3 rings (SSSR count).